The average Bonchev–Trinajstić information content (AvgIpc) is 2.54. The number of carbonyl (C=O) groups excluding carboxylic acids is 2. The molecule has 0 aliphatic rings. The number of non-ortho nitro benzene ring substituents is 1. The summed E-state index contributed by atoms with van der Waals surface area (Å²) in [5, 5.41) is 10.3. The minimum absolute atomic E-state index is 0.0447. The first-order valence-electron chi connectivity index (χ1n) is 6.14. The van der Waals surface area contributed by atoms with Crippen LogP contribution >= 0.6 is 15.9 Å². The van der Waals surface area contributed by atoms with Crippen molar-refractivity contribution in [3.05, 3.63) is 80.3 Å². The van der Waals surface area contributed by atoms with E-state index in [4.69, 9.17) is 0 Å². The van der Waals surface area contributed by atoms with E-state index in [0.29, 0.717) is 11.8 Å². The normalized spacial score (nSPS) is 9.68. The van der Waals surface area contributed by atoms with Crippen molar-refractivity contribution >= 4 is 40.3 Å². The Kier molecular flexibility index (Phi) is 7.42. The molecule has 0 radical (unpaired) electrons. The zero-order chi connectivity index (χ0) is 16.4. The summed E-state index contributed by atoms with van der Waals surface area (Å²) in [5.41, 5.74) is 1.50. The number of nitrogens with zero attached hydrogens (tertiary/aromatic N) is 1. The van der Waals surface area contributed by atoms with Gasteiger partial charge in [-0.15, -0.1) is 0 Å². The fourth-order valence-electron chi connectivity index (χ4n) is 1.43. The van der Waals surface area contributed by atoms with Crippen LogP contribution in [0.1, 0.15) is 15.9 Å². The van der Waals surface area contributed by atoms with Crippen molar-refractivity contribution in [3.8, 4) is 0 Å². The molecule has 2 aromatic rings. The number of nitro benzene ring substituents is 1. The zero-order valence-electron chi connectivity index (χ0n) is 11.4. The van der Waals surface area contributed by atoms with Gasteiger partial charge in [-0.1, -0.05) is 40.2 Å². The first kappa shape index (κ1) is 17.5. The van der Waals surface area contributed by atoms with Gasteiger partial charge in [0.1, 0.15) is 6.29 Å². The summed E-state index contributed by atoms with van der Waals surface area (Å²) in [4.78, 5) is 29.9. The monoisotopic (exact) mass is 361 g/mol. The van der Waals surface area contributed by atoms with E-state index in [1.807, 2.05) is 18.2 Å². The smallest absolute Gasteiger partial charge is 0.269 e. The minimum atomic E-state index is -0.465. The van der Waals surface area contributed by atoms with Crippen molar-refractivity contribution in [2.45, 2.75) is 0 Å². The molecule has 0 saturated heterocycles. The summed E-state index contributed by atoms with van der Waals surface area (Å²) < 4.78 is 0.847. The molecule has 22 heavy (non-hydrogen) atoms. The Labute approximate surface area is 135 Å². The summed E-state index contributed by atoms with van der Waals surface area (Å²) >= 11 is 3.23. The highest BCUT2D eigenvalue weighted by molar-refractivity contribution is 9.10. The van der Waals surface area contributed by atoms with E-state index >= 15 is 0 Å². The summed E-state index contributed by atoms with van der Waals surface area (Å²) in [6.07, 6.45) is 4.39. The fraction of sp³-hybridized carbons (Fsp3) is 0. The van der Waals surface area contributed by atoms with E-state index in [2.05, 4.69) is 15.9 Å². The van der Waals surface area contributed by atoms with E-state index < -0.39 is 4.92 Å². The lowest BCUT2D eigenvalue weighted by molar-refractivity contribution is -0.384. The zero-order valence-corrected chi connectivity index (χ0v) is 13.0. The molecular formula is C16H12BrNO4. The number of nitro groups is 1. The van der Waals surface area contributed by atoms with Gasteiger partial charge in [0.05, 0.1) is 4.92 Å². The molecule has 0 spiro atoms. The molecule has 0 aromatic heterocycles. The van der Waals surface area contributed by atoms with Crippen LogP contribution < -0.4 is 0 Å². The molecule has 0 unspecified atom stereocenters. The molecule has 5 nitrogen and oxygen atoms in total. The van der Waals surface area contributed by atoms with Gasteiger partial charge in [-0.25, -0.2) is 0 Å². The third kappa shape index (κ3) is 5.80. The molecule has 0 bridgehead atoms. The third-order valence-electron chi connectivity index (χ3n) is 2.50. The largest absolute Gasteiger partial charge is 0.299 e. The van der Waals surface area contributed by atoms with Gasteiger partial charge in [-0.2, -0.15) is 0 Å². The van der Waals surface area contributed by atoms with Crippen molar-refractivity contribution in [1.82, 2.24) is 0 Å². The topological polar surface area (TPSA) is 77.3 Å². The highest BCUT2D eigenvalue weighted by Gasteiger charge is 2.01. The van der Waals surface area contributed by atoms with Crippen LogP contribution in [-0.2, 0) is 4.79 Å². The summed E-state index contributed by atoms with van der Waals surface area (Å²) in [6.45, 7) is 0. The fourth-order valence-corrected chi connectivity index (χ4v) is 1.81. The molecule has 0 atom stereocenters. The molecule has 0 aliphatic carbocycles. The second-order valence-corrected chi connectivity index (χ2v) is 4.84. The first-order chi connectivity index (χ1) is 10.6. The van der Waals surface area contributed by atoms with Crippen molar-refractivity contribution < 1.29 is 14.5 Å². The summed E-state index contributed by atoms with van der Waals surface area (Å²) in [5.74, 6) is 0. The molecule has 6 heteroatoms. The second kappa shape index (κ2) is 9.36. The standard InChI is InChI=1S/C9H7NO3.C7H5BrO/c11-7-1-2-8-3-5-9(6-4-8)10(12)13;8-7-4-2-1-3-6(7)5-9/h1-7H;1-5H. The van der Waals surface area contributed by atoms with E-state index in [1.165, 1.54) is 18.2 Å². The average molecular weight is 362 g/mol. The Hall–Kier alpha value is -2.60. The minimum Gasteiger partial charge on any atom is -0.299 e. The van der Waals surface area contributed by atoms with E-state index in [-0.39, 0.29) is 5.69 Å². The molecule has 0 amide bonds. The number of benzene rings is 2. The van der Waals surface area contributed by atoms with Crippen LogP contribution in [0, 0.1) is 10.1 Å². The summed E-state index contributed by atoms with van der Waals surface area (Å²) in [7, 11) is 0. The second-order valence-electron chi connectivity index (χ2n) is 3.98. The van der Waals surface area contributed by atoms with Crippen LogP contribution in [0.15, 0.2) is 59.1 Å². The molecule has 0 heterocycles. The highest BCUT2D eigenvalue weighted by Crippen LogP contribution is 2.13. The summed E-state index contributed by atoms with van der Waals surface area (Å²) in [6, 6.07) is 13.2. The van der Waals surface area contributed by atoms with Gasteiger partial charge in [-0.05, 0) is 29.8 Å². The van der Waals surface area contributed by atoms with Crippen molar-refractivity contribution in [2.75, 3.05) is 0 Å². The number of hydrogen-bond acceptors (Lipinski definition) is 4. The van der Waals surface area contributed by atoms with Gasteiger partial charge in [0.15, 0.2) is 6.29 Å². The van der Waals surface area contributed by atoms with Crippen LogP contribution in [0.2, 0.25) is 0 Å². The SMILES string of the molecule is O=CC=Cc1ccc([N+](=O)[O-])cc1.O=Cc1ccccc1Br. The molecular weight excluding hydrogens is 350 g/mol. The lowest BCUT2D eigenvalue weighted by Gasteiger charge is -1.91. The number of carbonyl (C=O) groups is 2. The van der Waals surface area contributed by atoms with Crippen LogP contribution in [0.5, 0.6) is 0 Å². The van der Waals surface area contributed by atoms with Crippen LogP contribution in [0.4, 0.5) is 5.69 Å². The number of hydrogen-bond donors (Lipinski definition) is 0. The van der Waals surface area contributed by atoms with Crippen molar-refractivity contribution in [2.24, 2.45) is 0 Å². The first-order valence-corrected chi connectivity index (χ1v) is 6.93. The Bertz CT molecular complexity index is 681. The maximum Gasteiger partial charge on any atom is 0.269 e. The van der Waals surface area contributed by atoms with Gasteiger partial charge >= 0.3 is 0 Å². The van der Waals surface area contributed by atoms with Crippen LogP contribution in [0.25, 0.3) is 6.08 Å². The molecule has 2 rings (SSSR count). The molecule has 0 fully saturated rings. The number of rotatable bonds is 4. The maximum atomic E-state index is 10.3. The molecule has 0 aliphatic heterocycles. The number of halogens is 1. The Morgan fingerprint density at radius 2 is 1.64 bits per heavy atom. The van der Waals surface area contributed by atoms with Gasteiger partial charge in [0.25, 0.3) is 5.69 Å². The van der Waals surface area contributed by atoms with Gasteiger partial charge in [-0.3, -0.25) is 19.7 Å². The Morgan fingerprint density at radius 1 is 1.00 bits per heavy atom. The Balaban J connectivity index is 0.000000235. The van der Waals surface area contributed by atoms with Crippen molar-refractivity contribution in [1.29, 1.82) is 0 Å². The van der Waals surface area contributed by atoms with E-state index in [0.717, 1.165) is 16.3 Å². The van der Waals surface area contributed by atoms with Gasteiger partial charge in [0.2, 0.25) is 0 Å². The van der Waals surface area contributed by atoms with Crippen LogP contribution in [0.3, 0.4) is 0 Å². The predicted molar refractivity (Wildman–Crippen MR) is 87.7 cm³/mol. The lowest BCUT2D eigenvalue weighted by atomic mass is 10.2. The quantitative estimate of drug-likeness (QED) is 0.356. The van der Waals surface area contributed by atoms with Gasteiger partial charge < -0.3 is 0 Å². The molecule has 0 N–H and O–H groups in total. The predicted octanol–water partition coefficient (Wildman–Crippen LogP) is 4.07. The molecule has 112 valence electrons. The highest BCUT2D eigenvalue weighted by atomic mass is 79.9. The molecule has 0 saturated carbocycles. The van der Waals surface area contributed by atoms with Crippen LogP contribution in [-0.4, -0.2) is 17.5 Å². The molecule has 2 aromatic carbocycles. The van der Waals surface area contributed by atoms with E-state index in [9.17, 15) is 19.7 Å². The van der Waals surface area contributed by atoms with Gasteiger partial charge in [0, 0.05) is 22.2 Å². The van der Waals surface area contributed by atoms with Crippen molar-refractivity contribution in [3.63, 3.8) is 0 Å². The third-order valence-corrected chi connectivity index (χ3v) is 3.23. The lowest BCUT2D eigenvalue weighted by Crippen LogP contribution is -1.86. The van der Waals surface area contributed by atoms with E-state index in [1.54, 1.807) is 24.3 Å². The maximum absolute atomic E-state index is 10.3. The number of allylic oxidation sites excluding steroid dienone is 1. The number of aldehydes is 2. The Morgan fingerprint density at radius 3 is 2.09 bits per heavy atom.